The Morgan fingerprint density at radius 1 is 1.50 bits per heavy atom. The van der Waals surface area contributed by atoms with Crippen LogP contribution in [0.5, 0.6) is 0 Å². The first-order valence-electron chi connectivity index (χ1n) is 4.52. The molecule has 80 valence electrons. The standard InChI is InChI=1S/C10H9N5S/c1-15-10(13-6-14-15)16-8-2-3-9(12)7(4-8)5-11/h2-4,6H,12H2,1H3. The van der Waals surface area contributed by atoms with Crippen molar-refractivity contribution in [2.24, 2.45) is 7.05 Å². The molecule has 0 amide bonds. The maximum absolute atomic E-state index is 8.85. The molecule has 0 radical (unpaired) electrons. The summed E-state index contributed by atoms with van der Waals surface area (Å²) in [6, 6.07) is 7.37. The first-order valence-corrected chi connectivity index (χ1v) is 5.34. The molecule has 0 atom stereocenters. The highest BCUT2D eigenvalue weighted by atomic mass is 32.2. The third kappa shape index (κ3) is 1.99. The highest BCUT2D eigenvalue weighted by molar-refractivity contribution is 7.99. The largest absolute Gasteiger partial charge is 0.398 e. The van der Waals surface area contributed by atoms with Crippen molar-refractivity contribution in [3.05, 3.63) is 30.1 Å². The number of rotatable bonds is 2. The lowest BCUT2D eigenvalue weighted by Gasteiger charge is -2.02. The Morgan fingerprint density at radius 2 is 2.31 bits per heavy atom. The Morgan fingerprint density at radius 3 is 2.94 bits per heavy atom. The topological polar surface area (TPSA) is 80.5 Å². The van der Waals surface area contributed by atoms with Gasteiger partial charge in [0.05, 0.1) is 5.56 Å². The fourth-order valence-electron chi connectivity index (χ4n) is 1.18. The van der Waals surface area contributed by atoms with Crippen molar-refractivity contribution in [3.8, 4) is 6.07 Å². The second kappa shape index (κ2) is 4.24. The Balaban J connectivity index is 2.30. The van der Waals surface area contributed by atoms with E-state index >= 15 is 0 Å². The first-order chi connectivity index (χ1) is 7.70. The minimum absolute atomic E-state index is 0.479. The van der Waals surface area contributed by atoms with E-state index in [0.29, 0.717) is 11.3 Å². The molecule has 6 heteroatoms. The molecule has 0 spiro atoms. The fourth-order valence-corrected chi connectivity index (χ4v) is 1.98. The molecule has 0 saturated carbocycles. The van der Waals surface area contributed by atoms with Crippen molar-refractivity contribution in [3.63, 3.8) is 0 Å². The van der Waals surface area contributed by atoms with Crippen LogP contribution in [0.3, 0.4) is 0 Å². The number of benzene rings is 1. The molecule has 0 aliphatic rings. The van der Waals surface area contributed by atoms with E-state index < -0.39 is 0 Å². The Kier molecular flexibility index (Phi) is 2.79. The van der Waals surface area contributed by atoms with E-state index in [2.05, 4.69) is 10.1 Å². The van der Waals surface area contributed by atoms with Crippen LogP contribution < -0.4 is 5.73 Å². The Hall–Kier alpha value is -2.00. The number of anilines is 1. The van der Waals surface area contributed by atoms with Gasteiger partial charge in [-0.3, -0.25) is 0 Å². The molecule has 1 heterocycles. The molecular weight excluding hydrogens is 222 g/mol. The molecule has 0 bridgehead atoms. The number of nitrogens with zero attached hydrogens (tertiary/aromatic N) is 4. The summed E-state index contributed by atoms with van der Waals surface area (Å²) in [5.74, 6) is 0. The van der Waals surface area contributed by atoms with Crippen LogP contribution in [0.4, 0.5) is 5.69 Å². The quantitative estimate of drug-likeness (QED) is 0.790. The molecular formula is C10H9N5S. The van der Waals surface area contributed by atoms with E-state index in [1.54, 1.807) is 16.8 Å². The number of nitrogens with two attached hydrogens (primary N) is 1. The van der Waals surface area contributed by atoms with Gasteiger partial charge in [-0.05, 0) is 18.2 Å². The van der Waals surface area contributed by atoms with Gasteiger partial charge in [0, 0.05) is 17.6 Å². The van der Waals surface area contributed by atoms with Gasteiger partial charge in [0.2, 0.25) is 0 Å². The summed E-state index contributed by atoms with van der Waals surface area (Å²) < 4.78 is 1.67. The average Bonchev–Trinajstić information content (AvgIpc) is 2.67. The lowest BCUT2D eigenvalue weighted by Crippen LogP contribution is -1.93. The van der Waals surface area contributed by atoms with Gasteiger partial charge < -0.3 is 5.73 Å². The summed E-state index contributed by atoms with van der Waals surface area (Å²) >= 11 is 1.44. The van der Waals surface area contributed by atoms with Gasteiger partial charge in [-0.15, -0.1) is 0 Å². The zero-order valence-electron chi connectivity index (χ0n) is 8.58. The predicted molar refractivity (Wildman–Crippen MR) is 60.7 cm³/mol. The predicted octanol–water partition coefficient (Wildman–Crippen LogP) is 1.42. The van der Waals surface area contributed by atoms with E-state index in [0.717, 1.165) is 10.1 Å². The number of hydrogen-bond acceptors (Lipinski definition) is 5. The number of aromatic nitrogens is 3. The smallest absolute Gasteiger partial charge is 0.190 e. The zero-order chi connectivity index (χ0) is 11.5. The first kappa shape index (κ1) is 10.5. The summed E-state index contributed by atoms with van der Waals surface area (Å²) in [5.41, 5.74) is 6.61. The summed E-state index contributed by atoms with van der Waals surface area (Å²) in [7, 11) is 1.82. The zero-order valence-corrected chi connectivity index (χ0v) is 9.40. The molecule has 0 unspecified atom stereocenters. The van der Waals surface area contributed by atoms with E-state index in [9.17, 15) is 0 Å². The van der Waals surface area contributed by atoms with Crippen molar-refractivity contribution < 1.29 is 0 Å². The van der Waals surface area contributed by atoms with Crippen LogP contribution in [-0.4, -0.2) is 14.8 Å². The third-order valence-electron chi connectivity index (χ3n) is 2.02. The molecule has 1 aromatic heterocycles. The molecule has 0 saturated heterocycles. The third-order valence-corrected chi connectivity index (χ3v) is 3.07. The van der Waals surface area contributed by atoms with Crippen LogP contribution in [0.1, 0.15) is 5.56 Å². The highest BCUT2D eigenvalue weighted by Gasteiger charge is 2.05. The lowest BCUT2D eigenvalue weighted by molar-refractivity contribution is 0.685. The van der Waals surface area contributed by atoms with E-state index in [4.69, 9.17) is 11.0 Å². The molecule has 2 N–H and O–H groups in total. The van der Waals surface area contributed by atoms with Crippen LogP contribution >= 0.6 is 11.8 Å². The van der Waals surface area contributed by atoms with E-state index in [1.807, 2.05) is 19.2 Å². The van der Waals surface area contributed by atoms with Gasteiger partial charge in [0.15, 0.2) is 5.16 Å². The van der Waals surface area contributed by atoms with Crippen LogP contribution in [0.25, 0.3) is 0 Å². The summed E-state index contributed by atoms with van der Waals surface area (Å²) in [4.78, 5) is 5.01. The van der Waals surface area contributed by atoms with Gasteiger partial charge >= 0.3 is 0 Å². The van der Waals surface area contributed by atoms with E-state index in [-0.39, 0.29) is 0 Å². The molecule has 16 heavy (non-hydrogen) atoms. The number of aryl methyl sites for hydroxylation is 1. The van der Waals surface area contributed by atoms with E-state index in [1.165, 1.54) is 18.1 Å². The van der Waals surface area contributed by atoms with Crippen LogP contribution in [0, 0.1) is 11.3 Å². The number of hydrogen-bond donors (Lipinski definition) is 1. The van der Waals surface area contributed by atoms with Crippen molar-refractivity contribution >= 4 is 17.4 Å². The maximum atomic E-state index is 8.85. The molecule has 1 aromatic carbocycles. The molecule has 0 fully saturated rings. The minimum Gasteiger partial charge on any atom is -0.398 e. The monoisotopic (exact) mass is 231 g/mol. The van der Waals surface area contributed by atoms with Gasteiger partial charge in [-0.2, -0.15) is 10.4 Å². The van der Waals surface area contributed by atoms with Crippen molar-refractivity contribution in [1.29, 1.82) is 5.26 Å². The maximum Gasteiger partial charge on any atom is 0.190 e. The Bertz CT molecular complexity index is 555. The van der Waals surface area contributed by atoms with Crippen molar-refractivity contribution in [1.82, 2.24) is 14.8 Å². The van der Waals surface area contributed by atoms with Gasteiger partial charge in [0.25, 0.3) is 0 Å². The van der Waals surface area contributed by atoms with Crippen molar-refractivity contribution in [2.45, 2.75) is 10.1 Å². The normalized spacial score (nSPS) is 10.0. The molecule has 2 rings (SSSR count). The average molecular weight is 231 g/mol. The minimum atomic E-state index is 0.479. The second-order valence-electron chi connectivity index (χ2n) is 3.13. The van der Waals surface area contributed by atoms with Gasteiger partial charge in [0.1, 0.15) is 12.4 Å². The van der Waals surface area contributed by atoms with Gasteiger partial charge in [-0.25, -0.2) is 9.67 Å². The van der Waals surface area contributed by atoms with Gasteiger partial charge in [-0.1, -0.05) is 11.8 Å². The summed E-state index contributed by atoms with van der Waals surface area (Å²) in [6.07, 6.45) is 1.49. The van der Waals surface area contributed by atoms with Crippen LogP contribution in [0.15, 0.2) is 34.6 Å². The summed E-state index contributed by atoms with van der Waals surface area (Å²) in [5, 5.41) is 13.6. The molecule has 0 aliphatic carbocycles. The van der Waals surface area contributed by atoms with Crippen molar-refractivity contribution in [2.75, 3.05) is 5.73 Å². The van der Waals surface area contributed by atoms with Crippen LogP contribution in [0.2, 0.25) is 0 Å². The highest BCUT2D eigenvalue weighted by Crippen LogP contribution is 2.27. The fraction of sp³-hybridized carbons (Fsp3) is 0.100. The SMILES string of the molecule is Cn1ncnc1Sc1ccc(N)c(C#N)c1. The summed E-state index contributed by atoms with van der Waals surface area (Å²) in [6.45, 7) is 0. The lowest BCUT2D eigenvalue weighted by atomic mass is 10.2. The van der Waals surface area contributed by atoms with Crippen LogP contribution in [-0.2, 0) is 7.05 Å². The molecule has 5 nitrogen and oxygen atoms in total. The molecule has 0 aliphatic heterocycles. The Labute approximate surface area is 96.9 Å². The molecule has 2 aromatic rings. The number of nitrogen functional groups attached to an aromatic ring is 1. The second-order valence-corrected chi connectivity index (χ2v) is 4.17. The number of nitriles is 1.